The number of ether oxygens (including phenoxy) is 1. The molecule has 34 heavy (non-hydrogen) atoms. The zero-order valence-corrected chi connectivity index (χ0v) is 19.7. The molecule has 0 aliphatic heterocycles. The van der Waals surface area contributed by atoms with Crippen LogP contribution in [0.15, 0.2) is 78.0 Å². The Morgan fingerprint density at radius 3 is 2.62 bits per heavy atom. The number of para-hydroxylation sites is 1. The predicted octanol–water partition coefficient (Wildman–Crippen LogP) is 6.06. The Balaban J connectivity index is 1.64. The lowest BCUT2D eigenvalue weighted by molar-refractivity contribution is -0.479. The third-order valence-electron chi connectivity index (χ3n) is 4.99. The molecule has 4 aromatic rings. The van der Waals surface area contributed by atoms with Crippen LogP contribution in [0.3, 0.4) is 0 Å². The van der Waals surface area contributed by atoms with E-state index in [1.807, 2.05) is 23.6 Å². The molecular formula is C24H20ClFN4O3S. The minimum atomic E-state index is -0.603. The van der Waals surface area contributed by atoms with Crippen LogP contribution >= 0.6 is 23.4 Å². The molecule has 10 heteroatoms. The summed E-state index contributed by atoms with van der Waals surface area (Å²) in [5, 5.41) is 20.5. The Hall–Kier alpha value is -3.43. The summed E-state index contributed by atoms with van der Waals surface area (Å²) in [7, 11) is 0. The van der Waals surface area contributed by atoms with Crippen LogP contribution in [0.1, 0.15) is 22.2 Å². The molecule has 0 aliphatic rings. The van der Waals surface area contributed by atoms with Crippen molar-refractivity contribution in [1.29, 1.82) is 0 Å². The fourth-order valence-electron chi connectivity index (χ4n) is 3.43. The number of aryl methyl sites for hydroxylation is 1. The van der Waals surface area contributed by atoms with Crippen LogP contribution < -0.4 is 4.74 Å². The lowest BCUT2D eigenvalue weighted by atomic mass is 10.1. The number of nitrogens with zero attached hydrogens (tertiary/aromatic N) is 4. The van der Waals surface area contributed by atoms with Gasteiger partial charge in [0.1, 0.15) is 29.2 Å². The minimum absolute atomic E-state index is 0.130. The Bertz CT molecular complexity index is 1300. The second-order valence-electron chi connectivity index (χ2n) is 7.42. The van der Waals surface area contributed by atoms with Crippen LogP contribution in [0.25, 0.3) is 5.69 Å². The fourth-order valence-corrected chi connectivity index (χ4v) is 4.76. The molecule has 0 N–H and O–H groups in total. The van der Waals surface area contributed by atoms with Crippen molar-refractivity contribution in [2.45, 2.75) is 23.9 Å². The Kier molecular flexibility index (Phi) is 7.44. The molecule has 1 atom stereocenters. The number of hydrogen-bond acceptors (Lipinski definition) is 6. The molecule has 0 unspecified atom stereocenters. The summed E-state index contributed by atoms with van der Waals surface area (Å²) in [6.45, 7) is 1.59. The molecule has 0 saturated heterocycles. The first-order valence-electron chi connectivity index (χ1n) is 10.3. The first kappa shape index (κ1) is 23.7. The van der Waals surface area contributed by atoms with Crippen LogP contribution in [0.2, 0.25) is 5.02 Å². The van der Waals surface area contributed by atoms with Gasteiger partial charge >= 0.3 is 0 Å². The monoisotopic (exact) mass is 498 g/mol. The molecule has 1 heterocycles. The highest BCUT2D eigenvalue weighted by atomic mass is 35.5. The van der Waals surface area contributed by atoms with Gasteiger partial charge in [0.2, 0.25) is 6.54 Å². The van der Waals surface area contributed by atoms with Gasteiger partial charge in [-0.3, -0.25) is 14.7 Å². The largest absolute Gasteiger partial charge is 0.489 e. The molecule has 0 fully saturated rings. The molecule has 1 aromatic heterocycles. The minimum Gasteiger partial charge on any atom is -0.489 e. The van der Waals surface area contributed by atoms with Gasteiger partial charge in [-0.2, -0.15) is 0 Å². The summed E-state index contributed by atoms with van der Waals surface area (Å²) in [6.07, 6.45) is 0. The van der Waals surface area contributed by atoms with Crippen molar-refractivity contribution >= 4 is 23.4 Å². The number of hydrogen-bond donors (Lipinski definition) is 0. The van der Waals surface area contributed by atoms with E-state index in [0.717, 1.165) is 5.69 Å². The van der Waals surface area contributed by atoms with Crippen LogP contribution in [-0.2, 0) is 6.61 Å². The number of nitro groups is 1. The summed E-state index contributed by atoms with van der Waals surface area (Å²) < 4.78 is 21.3. The molecule has 174 valence electrons. The van der Waals surface area contributed by atoms with Gasteiger partial charge in [0.25, 0.3) is 0 Å². The summed E-state index contributed by atoms with van der Waals surface area (Å²) >= 11 is 7.25. The van der Waals surface area contributed by atoms with Crippen molar-refractivity contribution in [2.24, 2.45) is 0 Å². The second-order valence-corrected chi connectivity index (χ2v) is 9.03. The van der Waals surface area contributed by atoms with E-state index in [0.29, 0.717) is 32.9 Å². The quantitative estimate of drug-likeness (QED) is 0.158. The first-order chi connectivity index (χ1) is 16.4. The number of thioether (sulfide) groups is 1. The third-order valence-corrected chi connectivity index (χ3v) is 6.41. The Labute approximate surface area is 204 Å². The first-order valence-corrected chi connectivity index (χ1v) is 11.6. The summed E-state index contributed by atoms with van der Waals surface area (Å²) in [4.78, 5) is 11.2. The maximum absolute atomic E-state index is 13.5. The number of halogens is 2. The van der Waals surface area contributed by atoms with Crippen molar-refractivity contribution in [2.75, 3.05) is 6.54 Å². The van der Waals surface area contributed by atoms with Gasteiger partial charge in [-0.15, -0.1) is 10.2 Å². The van der Waals surface area contributed by atoms with E-state index in [2.05, 4.69) is 10.2 Å². The van der Waals surface area contributed by atoms with E-state index >= 15 is 0 Å². The normalized spacial score (nSPS) is 11.9. The summed E-state index contributed by atoms with van der Waals surface area (Å²) in [5.41, 5.74) is 2.10. The van der Waals surface area contributed by atoms with E-state index in [4.69, 9.17) is 16.3 Å². The van der Waals surface area contributed by atoms with E-state index in [-0.39, 0.29) is 23.9 Å². The van der Waals surface area contributed by atoms with Gasteiger partial charge in [-0.1, -0.05) is 53.7 Å². The summed E-state index contributed by atoms with van der Waals surface area (Å²) in [5.74, 6) is 0.772. The van der Waals surface area contributed by atoms with Crippen molar-refractivity contribution in [3.63, 3.8) is 0 Å². The zero-order chi connectivity index (χ0) is 24.1. The SMILES string of the molecule is Cc1nnc(S[C@H](C[N+](=O)[O-])c2ccccc2OCc2cccc(F)c2)n1-c1ccc(Cl)cc1. The lowest BCUT2D eigenvalue weighted by Gasteiger charge is -2.18. The van der Waals surface area contributed by atoms with Gasteiger partial charge in [0, 0.05) is 21.2 Å². The lowest BCUT2D eigenvalue weighted by Crippen LogP contribution is -2.12. The standard InChI is InChI=1S/C24H20ClFN4O3S/c1-16-27-28-24(30(16)20-11-9-18(25)10-12-20)34-23(14-29(31)32)21-7-2-3-8-22(21)33-15-17-5-4-6-19(26)13-17/h2-13,23H,14-15H2,1H3/t23-/m1/s1. The molecule has 3 aromatic carbocycles. The number of benzene rings is 3. The topological polar surface area (TPSA) is 83.1 Å². The van der Waals surface area contributed by atoms with Crippen LogP contribution in [0, 0.1) is 22.9 Å². The van der Waals surface area contributed by atoms with Crippen molar-refractivity contribution in [1.82, 2.24) is 14.8 Å². The highest BCUT2D eigenvalue weighted by Crippen LogP contribution is 2.40. The highest BCUT2D eigenvalue weighted by Gasteiger charge is 2.26. The Morgan fingerprint density at radius 1 is 1.12 bits per heavy atom. The van der Waals surface area contributed by atoms with Crippen molar-refractivity contribution in [3.05, 3.63) is 111 Å². The zero-order valence-electron chi connectivity index (χ0n) is 18.1. The van der Waals surface area contributed by atoms with Gasteiger partial charge in [-0.05, 0) is 55.0 Å². The smallest absolute Gasteiger partial charge is 0.220 e. The molecule has 0 bridgehead atoms. The van der Waals surface area contributed by atoms with Gasteiger partial charge in [0.15, 0.2) is 5.16 Å². The molecule has 0 radical (unpaired) electrons. The molecule has 4 rings (SSSR count). The number of aromatic nitrogens is 3. The molecule has 0 saturated carbocycles. The Morgan fingerprint density at radius 2 is 1.88 bits per heavy atom. The van der Waals surface area contributed by atoms with Gasteiger partial charge < -0.3 is 4.74 Å². The van der Waals surface area contributed by atoms with E-state index in [9.17, 15) is 14.5 Å². The molecule has 7 nitrogen and oxygen atoms in total. The molecule has 0 amide bonds. The van der Waals surface area contributed by atoms with Crippen molar-refractivity contribution in [3.8, 4) is 11.4 Å². The van der Waals surface area contributed by atoms with Crippen LogP contribution in [-0.4, -0.2) is 26.2 Å². The third kappa shape index (κ3) is 5.73. The molecule has 0 spiro atoms. The maximum atomic E-state index is 13.5. The maximum Gasteiger partial charge on any atom is 0.220 e. The van der Waals surface area contributed by atoms with Gasteiger partial charge in [0.05, 0.1) is 0 Å². The molecule has 0 aliphatic carbocycles. The molecular weight excluding hydrogens is 479 g/mol. The van der Waals surface area contributed by atoms with Crippen LogP contribution in [0.4, 0.5) is 4.39 Å². The second kappa shape index (κ2) is 10.7. The highest BCUT2D eigenvalue weighted by molar-refractivity contribution is 7.99. The summed E-state index contributed by atoms with van der Waals surface area (Å²) in [6, 6.07) is 20.4. The van der Waals surface area contributed by atoms with E-state index in [1.54, 1.807) is 48.5 Å². The van der Waals surface area contributed by atoms with Crippen LogP contribution in [0.5, 0.6) is 5.75 Å². The fraction of sp³-hybridized carbons (Fsp3) is 0.167. The van der Waals surface area contributed by atoms with E-state index < -0.39 is 5.25 Å². The average Bonchev–Trinajstić information content (AvgIpc) is 3.17. The van der Waals surface area contributed by atoms with E-state index in [1.165, 1.54) is 23.9 Å². The predicted molar refractivity (Wildman–Crippen MR) is 129 cm³/mol. The van der Waals surface area contributed by atoms with Gasteiger partial charge in [-0.25, -0.2) is 4.39 Å². The van der Waals surface area contributed by atoms with Crippen molar-refractivity contribution < 1.29 is 14.1 Å². The average molecular weight is 499 g/mol. The number of rotatable bonds is 9.